The number of nitrogens with two attached hydrogens (primary N) is 1. The fraction of sp³-hybridized carbons (Fsp3) is 0.542. The molecule has 5 atom stereocenters. The first-order valence-electron chi connectivity index (χ1n) is 11.8. The molecule has 2 aliphatic heterocycles. The van der Waals surface area contributed by atoms with Crippen LogP contribution < -0.4 is 20.7 Å². The van der Waals surface area contributed by atoms with Crippen molar-refractivity contribution >= 4 is 23.2 Å². The fourth-order valence-electron chi connectivity index (χ4n) is 6.39. The molecular formula is C24H28N6O2. The van der Waals surface area contributed by atoms with E-state index in [9.17, 15) is 4.79 Å². The summed E-state index contributed by atoms with van der Waals surface area (Å²) >= 11 is 0. The van der Waals surface area contributed by atoms with E-state index in [4.69, 9.17) is 15.5 Å². The average Bonchev–Trinajstić information content (AvgIpc) is 3.43. The number of aromatic nitrogens is 2. The molecule has 5 fully saturated rings. The van der Waals surface area contributed by atoms with Crippen LogP contribution in [0.1, 0.15) is 30.4 Å². The van der Waals surface area contributed by atoms with Gasteiger partial charge in [0, 0.05) is 19.0 Å². The van der Waals surface area contributed by atoms with Crippen LogP contribution in [0.15, 0.2) is 24.3 Å². The van der Waals surface area contributed by atoms with E-state index in [1.54, 1.807) is 0 Å². The smallest absolute Gasteiger partial charge is 0.320 e. The summed E-state index contributed by atoms with van der Waals surface area (Å²) < 4.78 is 6.17. The number of carbonyl (C=O) groups excluding carboxylic acids is 1. The molecule has 8 nitrogen and oxygen atoms in total. The Labute approximate surface area is 187 Å². The van der Waals surface area contributed by atoms with Crippen LogP contribution in [0, 0.1) is 23.7 Å². The molecule has 0 radical (unpaired) electrons. The molecule has 2 bridgehead atoms. The molecule has 1 aromatic heterocycles. The second-order valence-electron chi connectivity index (χ2n) is 10.1. The van der Waals surface area contributed by atoms with Crippen LogP contribution in [-0.2, 0) is 17.9 Å². The summed E-state index contributed by atoms with van der Waals surface area (Å²) in [6.45, 7) is 4.14. The number of nitrogens with zero attached hydrogens (tertiary/aromatic N) is 4. The second kappa shape index (κ2) is 6.81. The third-order valence-corrected chi connectivity index (χ3v) is 8.00. The highest BCUT2D eigenvalue weighted by atomic mass is 16.5. The molecule has 4 aliphatic carbocycles. The molecule has 3 unspecified atom stereocenters. The minimum atomic E-state index is -0.102. The van der Waals surface area contributed by atoms with Gasteiger partial charge in [-0.15, -0.1) is 0 Å². The summed E-state index contributed by atoms with van der Waals surface area (Å²) in [6.07, 6.45) is 3.91. The lowest BCUT2D eigenvalue weighted by molar-refractivity contribution is -0.115. The first-order chi connectivity index (χ1) is 15.6. The molecule has 1 aromatic carbocycles. The zero-order chi connectivity index (χ0) is 21.4. The van der Waals surface area contributed by atoms with Gasteiger partial charge in [-0.25, -0.2) is 0 Å². The van der Waals surface area contributed by atoms with Crippen molar-refractivity contribution in [3.05, 3.63) is 35.4 Å². The van der Waals surface area contributed by atoms with Gasteiger partial charge in [-0.2, -0.15) is 9.97 Å². The molecule has 1 saturated heterocycles. The Morgan fingerprint density at radius 3 is 2.62 bits per heavy atom. The molecule has 166 valence electrons. The molecule has 8 heteroatoms. The van der Waals surface area contributed by atoms with Crippen molar-refractivity contribution in [2.45, 2.75) is 38.5 Å². The number of rotatable bonds is 6. The van der Waals surface area contributed by atoms with Gasteiger partial charge in [0.25, 0.3) is 0 Å². The van der Waals surface area contributed by atoms with Gasteiger partial charge in [0.2, 0.25) is 5.91 Å². The summed E-state index contributed by atoms with van der Waals surface area (Å²) in [7, 11) is 0. The second-order valence-corrected chi connectivity index (χ2v) is 10.1. The summed E-state index contributed by atoms with van der Waals surface area (Å²) in [5.41, 5.74) is 9.17. The van der Waals surface area contributed by atoms with E-state index in [2.05, 4.69) is 39.5 Å². The van der Waals surface area contributed by atoms with Crippen molar-refractivity contribution in [2.24, 2.45) is 23.7 Å². The first kappa shape index (κ1) is 18.7. The number of benzene rings is 1. The normalized spacial score (nSPS) is 31.8. The Morgan fingerprint density at radius 1 is 1.09 bits per heavy atom. The van der Waals surface area contributed by atoms with Crippen LogP contribution in [0.3, 0.4) is 0 Å². The van der Waals surface area contributed by atoms with Crippen LogP contribution in [0.25, 0.3) is 0 Å². The van der Waals surface area contributed by atoms with Gasteiger partial charge < -0.3 is 20.7 Å². The van der Waals surface area contributed by atoms with E-state index in [1.807, 2.05) is 4.90 Å². The van der Waals surface area contributed by atoms with Crippen LogP contribution in [0.2, 0.25) is 0 Å². The first-order valence-corrected chi connectivity index (χ1v) is 11.8. The molecule has 32 heavy (non-hydrogen) atoms. The minimum absolute atomic E-state index is 0.102. The van der Waals surface area contributed by atoms with Gasteiger partial charge >= 0.3 is 6.01 Å². The van der Waals surface area contributed by atoms with Crippen molar-refractivity contribution in [1.29, 1.82) is 0 Å². The third-order valence-electron chi connectivity index (χ3n) is 8.00. The Balaban J connectivity index is 1.13. The topological polar surface area (TPSA) is 96.6 Å². The number of ether oxygens (including phenoxy) is 1. The summed E-state index contributed by atoms with van der Waals surface area (Å²) in [5, 5.41) is 2.85. The SMILES string of the molecule is Nc1nc(O[C@@H]2CC3C4C2[C@H]34)nc2c1NC(=O)CN2Cc1cccc(CN2CCCC2)c1. The monoisotopic (exact) mass is 432 g/mol. The van der Waals surface area contributed by atoms with E-state index < -0.39 is 0 Å². The predicted molar refractivity (Wildman–Crippen MR) is 120 cm³/mol. The van der Waals surface area contributed by atoms with Gasteiger partial charge in [-0.05, 0) is 61.2 Å². The van der Waals surface area contributed by atoms with Crippen LogP contribution in [0.5, 0.6) is 6.01 Å². The molecule has 2 aromatic rings. The standard InChI is InChI=1S/C24H28N6O2/c25-22-21-23(28-24(27-22)32-16-9-15-18-19(15)20(16)18)30(12-17(31)26-21)11-14-5-3-4-13(8-14)10-29-6-1-2-7-29/h3-5,8,15-16,18-20H,1-2,6-7,9-12H2,(H,26,31)(H2,25,27,28)/t15?,16-,18-,19?,20?/m1/s1. The van der Waals surface area contributed by atoms with Crippen molar-refractivity contribution in [3.63, 3.8) is 0 Å². The molecule has 3 N–H and O–H groups in total. The number of fused-ring (bicyclic) bond motifs is 2. The Morgan fingerprint density at radius 2 is 1.88 bits per heavy atom. The summed E-state index contributed by atoms with van der Waals surface area (Å²) in [6, 6.07) is 8.96. The number of hydrogen-bond donors (Lipinski definition) is 2. The van der Waals surface area contributed by atoms with Crippen molar-refractivity contribution < 1.29 is 9.53 Å². The van der Waals surface area contributed by atoms with Crippen LogP contribution in [0.4, 0.5) is 17.3 Å². The largest absolute Gasteiger partial charge is 0.460 e. The van der Waals surface area contributed by atoms with Gasteiger partial charge in [0.1, 0.15) is 11.8 Å². The van der Waals surface area contributed by atoms with Crippen molar-refractivity contribution in [2.75, 3.05) is 35.6 Å². The third kappa shape index (κ3) is 3.03. The van der Waals surface area contributed by atoms with Crippen LogP contribution >= 0.6 is 0 Å². The van der Waals surface area contributed by atoms with Gasteiger partial charge in [-0.1, -0.05) is 24.3 Å². The lowest BCUT2D eigenvalue weighted by atomic mass is 10.1. The summed E-state index contributed by atoms with van der Waals surface area (Å²) in [5.74, 6) is 4.20. The van der Waals surface area contributed by atoms with E-state index in [0.717, 1.165) is 36.3 Å². The number of nitrogen functional groups attached to an aromatic ring is 1. The lowest BCUT2D eigenvalue weighted by Gasteiger charge is -2.30. The number of likely N-dealkylation sites (tertiary alicyclic amines) is 1. The van der Waals surface area contributed by atoms with Gasteiger partial charge in [0.15, 0.2) is 11.6 Å². The summed E-state index contributed by atoms with van der Waals surface area (Å²) in [4.78, 5) is 25.9. The van der Waals surface area contributed by atoms with Gasteiger partial charge in [-0.3, -0.25) is 9.69 Å². The van der Waals surface area contributed by atoms with E-state index >= 15 is 0 Å². The quantitative estimate of drug-likeness (QED) is 0.723. The van der Waals surface area contributed by atoms with Crippen LogP contribution in [-0.4, -0.2) is 46.5 Å². The number of hydrogen-bond acceptors (Lipinski definition) is 7. The molecule has 0 spiro atoms. The highest BCUT2D eigenvalue weighted by Gasteiger charge is 2.81. The Kier molecular flexibility index (Phi) is 3.98. The maximum Gasteiger partial charge on any atom is 0.320 e. The van der Waals surface area contributed by atoms with E-state index in [0.29, 0.717) is 30.0 Å². The average molecular weight is 433 g/mol. The van der Waals surface area contributed by atoms with Gasteiger partial charge in [0.05, 0.1) is 6.54 Å². The molecule has 4 saturated carbocycles. The number of carbonyl (C=O) groups is 1. The Bertz CT molecular complexity index is 1080. The molecule has 8 rings (SSSR count). The molecular weight excluding hydrogens is 404 g/mol. The maximum atomic E-state index is 12.4. The zero-order valence-electron chi connectivity index (χ0n) is 18.0. The molecule has 6 aliphatic rings. The minimum Gasteiger partial charge on any atom is -0.460 e. The lowest BCUT2D eigenvalue weighted by Crippen LogP contribution is -2.39. The fourth-order valence-corrected chi connectivity index (χ4v) is 6.39. The van der Waals surface area contributed by atoms with E-state index in [-0.39, 0.29) is 24.4 Å². The van der Waals surface area contributed by atoms with E-state index in [1.165, 1.54) is 31.5 Å². The van der Waals surface area contributed by atoms with Crippen molar-refractivity contribution in [3.8, 4) is 6.01 Å². The number of anilines is 3. The number of amides is 1. The zero-order valence-corrected chi connectivity index (χ0v) is 18.0. The molecule has 1 amide bonds. The number of nitrogens with one attached hydrogen (secondary N) is 1. The molecule has 3 heterocycles. The predicted octanol–water partition coefficient (Wildman–Crippen LogP) is 2.26. The maximum absolute atomic E-state index is 12.4. The Hall–Kier alpha value is -2.87. The highest BCUT2D eigenvalue weighted by Crippen LogP contribution is 2.82. The highest BCUT2D eigenvalue weighted by molar-refractivity contribution is 6.03. The van der Waals surface area contributed by atoms with Crippen molar-refractivity contribution in [1.82, 2.24) is 14.9 Å².